The molecular formula is C20H23NO5S. The van der Waals surface area contributed by atoms with Gasteiger partial charge in [0.1, 0.15) is 0 Å². The van der Waals surface area contributed by atoms with Crippen molar-refractivity contribution < 1.29 is 22.7 Å². The Hall–Kier alpha value is -2.67. The Kier molecular flexibility index (Phi) is 6.74. The van der Waals surface area contributed by atoms with Crippen molar-refractivity contribution in [3.8, 4) is 0 Å². The van der Waals surface area contributed by atoms with Gasteiger partial charge in [-0.2, -0.15) is 0 Å². The largest absolute Gasteiger partial charge is 0.452 e. The standard InChI is InChI=1S/C20H23NO5S/c1-4-15-9-11-16(12-10-15)14(2)21-19(22)13-26-20(23)17-7-5-6-8-18(17)27(3,24)25/h5-12,14H,4,13H2,1-3H3,(H,21,22)/t14-/m0/s1. The van der Waals surface area contributed by atoms with Crippen molar-refractivity contribution in [2.24, 2.45) is 0 Å². The minimum atomic E-state index is -3.58. The van der Waals surface area contributed by atoms with Crippen LogP contribution in [0.25, 0.3) is 0 Å². The molecule has 0 saturated carbocycles. The molecule has 0 unspecified atom stereocenters. The van der Waals surface area contributed by atoms with Crippen LogP contribution in [0.15, 0.2) is 53.4 Å². The fourth-order valence-electron chi connectivity index (χ4n) is 2.58. The van der Waals surface area contributed by atoms with Crippen LogP contribution in [0.1, 0.15) is 41.4 Å². The molecule has 1 amide bonds. The van der Waals surface area contributed by atoms with Crippen LogP contribution in [0.4, 0.5) is 0 Å². The van der Waals surface area contributed by atoms with Crippen molar-refractivity contribution in [1.82, 2.24) is 5.32 Å². The minimum Gasteiger partial charge on any atom is -0.452 e. The lowest BCUT2D eigenvalue weighted by molar-refractivity contribution is -0.124. The van der Waals surface area contributed by atoms with Gasteiger partial charge in [0.05, 0.1) is 16.5 Å². The highest BCUT2D eigenvalue weighted by atomic mass is 32.2. The summed E-state index contributed by atoms with van der Waals surface area (Å²) in [6, 6.07) is 13.4. The number of hydrogen-bond acceptors (Lipinski definition) is 5. The van der Waals surface area contributed by atoms with Crippen molar-refractivity contribution in [1.29, 1.82) is 0 Å². The van der Waals surface area contributed by atoms with E-state index in [2.05, 4.69) is 12.2 Å². The van der Waals surface area contributed by atoms with E-state index in [9.17, 15) is 18.0 Å². The Labute approximate surface area is 159 Å². The summed E-state index contributed by atoms with van der Waals surface area (Å²) in [5, 5.41) is 2.75. The SMILES string of the molecule is CCc1ccc([C@H](C)NC(=O)COC(=O)c2ccccc2S(C)(=O)=O)cc1. The van der Waals surface area contributed by atoms with Gasteiger partial charge in [0.25, 0.3) is 5.91 Å². The molecule has 0 fully saturated rings. The Morgan fingerprint density at radius 2 is 1.70 bits per heavy atom. The topological polar surface area (TPSA) is 89.5 Å². The van der Waals surface area contributed by atoms with Crippen molar-refractivity contribution in [3.05, 3.63) is 65.2 Å². The number of ether oxygens (including phenoxy) is 1. The van der Waals surface area contributed by atoms with E-state index in [1.807, 2.05) is 31.2 Å². The van der Waals surface area contributed by atoms with E-state index < -0.39 is 28.3 Å². The van der Waals surface area contributed by atoms with Crippen LogP contribution >= 0.6 is 0 Å². The summed E-state index contributed by atoms with van der Waals surface area (Å²) in [4.78, 5) is 24.1. The second-order valence-electron chi connectivity index (χ2n) is 6.23. The number of sulfone groups is 1. The number of amides is 1. The van der Waals surface area contributed by atoms with E-state index in [4.69, 9.17) is 4.74 Å². The number of benzene rings is 2. The summed E-state index contributed by atoms with van der Waals surface area (Å²) in [6.07, 6.45) is 1.95. The summed E-state index contributed by atoms with van der Waals surface area (Å²) in [5.74, 6) is -1.32. The third-order valence-electron chi connectivity index (χ3n) is 4.11. The Morgan fingerprint density at radius 3 is 2.30 bits per heavy atom. The molecule has 0 aliphatic heterocycles. The monoisotopic (exact) mass is 389 g/mol. The minimum absolute atomic E-state index is 0.0870. The van der Waals surface area contributed by atoms with E-state index >= 15 is 0 Å². The molecule has 0 heterocycles. The molecule has 0 aromatic heterocycles. The average molecular weight is 389 g/mol. The first-order valence-corrected chi connectivity index (χ1v) is 10.5. The van der Waals surface area contributed by atoms with Crippen LogP contribution in [0.3, 0.4) is 0 Å². The lowest BCUT2D eigenvalue weighted by Crippen LogP contribution is -2.31. The van der Waals surface area contributed by atoms with Crippen LogP contribution in [0.2, 0.25) is 0 Å². The first-order valence-electron chi connectivity index (χ1n) is 8.56. The van der Waals surface area contributed by atoms with Crippen LogP contribution in [-0.2, 0) is 25.8 Å². The fraction of sp³-hybridized carbons (Fsp3) is 0.300. The molecule has 1 atom stereocenters. The van der Waals surface area contributed by atoms with Crippen molar-refractivity contribution >= 4 is 21.7 Å². The second kappa shape index (κ2) is 8.81. The van der Waals surface area contributed by atoms with Crippen LogP contribution < -0.4 is 5.32 Å². The summed E-state index contributed by atoms with van der Waals surface area (Å²) >= 11 is 0. The summed E-state index contributed by atoms with van der Waals surface area (Å²) in [7, 11) is -3.58. The highest BCUT2D eigenvalue weighted by Gasteiger charge is 2.20. The third kappa shape index (κ3) is 5.65. The third-order valence-corrected chi connectivity index (χ3v) is 5.26. The first-order chi connectivity index (χ1) is 12.7. The predicted octanol–water partition coefficient (Wildman–Crippen LogP) is 2.69. The number of nitrogens with one attached hydrogen (secondary N) is 1. The number of rotatable bonds is 7. The molecule has 0 aliphatic carbocycles. The number of esters is 1. The average Bonchev–Trinajstić information content (AvgIpc) is 2.65. The van der Waals surface area contributed by atoms with Gasteiger partial charge in [0.2, 0.25) is 0 Å². The van der Waals surface area contributed by atoms with Gasteiger partial charge in [-0.25, -0.2) is 13.2 Å². The molecule has 2 aromatic carbocycles. The molecule has 27 heavy (non-hydrogen) atoms. The van der Waals surface area contributed by atoms with E-state index in [0.29, 0.717) is 0 Å². The van der Waals surface area contributed by atoms with Crippen molar-refractivity contribution in [3.63, 3.8) is 0 Å². The molecule has 7 heteroatoms. The molecule has 0 bridgehead atoms. The summed E-state index contributed by atoms with van der Waals surface area (Å²) < 4.78 is 28.5. The summed E-state index contributed by atoms with van der Waals surface area (Å²) in [5.41, 5.74) is 2.06. The van der Waals surface area contributed by atoms with Crippen LogP contribution in [-0.4, -0.2) is 33.2 Å². The van der Waals surface area contributed by atoms with Gasteiger partial charge < -0.3 is 10.1 Å². The molecule has 0 spiro atoms. The van der Waals surface area contributed by atoms with Gasteiger partial charge in [-0.15, -0.1) is 0 Å². The smallest absolute Gasteiger partial charge is 0.339 e. The number of carbonyl (C=O) groups is 2. The Bertz CT molecular complexity index is 920. The summed E-state index contributed by atoms with van der Waals surface area (Å²) in [6.45, 7) is 3.41. The molecular weight excluding hydrogens is 366 g/mol. The lowest BCUT2D eigenvalue weighted by atomic mass is 10.1. The molecule has 0 radical (unpaired) electrons. The van der Waals surface area contributed by atoms with Crippen LogP contribution in [0, 0.1) is 0 Å². The Balaban J connectivity index is 1.96. The maximum absolute atomic E-state index is 12.2. The van der Waals surface area contributed by atoms with Gasteiger partial charge in [-0.1, -0.05) is 43.3 Å². The van der Waals surface area contributed by atoms with Crippen LogP contribution in [0.5, 0.6) is 0 Å². The second-order valence-corrected chi connectivity index (χ2v) is 8.21. The lowest BCUT2D eigenvalue weighted by Gasteiger charge is -2.15. The van der Waals surface area contributed by atoms with E-state index in [0.717, 1.165) is 18.2 Å². The predicted molar refractivity (Wildman–Crippen MR) is 102 cm³/mol. The van der Waals surface area contributed by atoms with Gasteiger partial charge in [-0.05, 0) is 36.6 Å². The number of aryl methyl sites for hydroxylation is 1. The molecule has 0 aliphatic rings. The zero-order valence-corrected chi connectivity index (χ0v) is 16.4. The number of carbonyl (C=O) groups excluding carboxylic acids is 2. The zero-order chi connectivity index (χ0) is 20.0. The molecule has 1 N–H and O–H groups in total. The highest BCUT2D eigenvalue weighted by molar-refractivity contribution is 7.90. The molecule has 144 valence electrons. The van der Waals surface area contributed by atoms with Crippen molar-refractivity contribution in [2.75, 3.05) is 12.9 Å². The normalized spacial score (nSPS) is 12.3. The van der Waals surface area contributed by atoms with Gasteiger partial charge in [0, 0.05) is 6.26 Å². The van der Waals surface area contributed by atoms with Gasteiger partial charge >= 0.3 is 5.97 Å². The highest BCUT2D eigenvalue weighted by Crippen LogP contribution is 2.17. The maximum Gasteiger partial charge on any atom is 0.339 e. The fourth-order valence-corrected chi connectivity index (χ4v) is 3.45. The van der Waals surface area contributed by atoms with Gasteiger partial charge in [0.15, 0.2) is 16.4 Å². The van der Waals surface area contributed by atoms with Gasteiger partial charge in [-0.3, -0.25) is 4.79 Å². The van der Waals surface area contributed by atoms with Crippen molar-refractivity contribution in [2.45, 2.75) is 31.2 Å². The molecule has 2 aromatic rings. The quantitative estimate of drug-likeness (QED) is 0.736. The molecule has 6 nitrogen and oxygen atoms in total. The zero-order valence-electron chi connectivity index (χ0n) is 15.6. The van der Waals surface area contributed by atoms with E-state index in [1.165, 1.54) is 29.8 Å². The van der Waals surface area contributed by atoms with E-state index in [-0.39, 0.29) is 16.5 Å². The Morgan fingerprint density at radius 1 is 1.07 bits per heavy atom. The maximum atomic E-state index is 12.2. The first kappa shape index (κ1) is 20.6. The molecule has 2 rings (SSSR count). The molecule has 0 saturated heterocycles. The number of hydrogen-bond donors (Lipinski definition) is 1. The van der Waals surface area contributed by atoms with E-state index in [1.54, 1.807) is 0 Å².